The van der Waals surface area contributed by atoms with E-state index in [1.54, 1.807) is 0 Å². The molecule has 1 aliphatic rings. The highest BCUT2D eigenvalue weighted by molar-refractivity contribution is 6.20. The molecule has 7 heavy (non-hydrogen) atoms. The monoisotopic (exact) mass is 119 g/mol. The molecule has 1 nitrogen and oxygen atoms in total. The summed E-state index contributed by atoms with van der Waals surface area (Å²) >= 11 is 5.71. The molecule has 1 fully saturated rings. The minimum atomic E-state index is 0.258. The standard InChI is InChI=1S/C5H10ClN/c6-5-3-1-2-4-7-5/h5,7H,1-4H2. The van der Waals surface area contributed by atoms with Crippen molar-refractivity contribution in [1.29, 1.82) is 0 Å². The number of piperidine rings is 1. The second-order valence-electron chi connectivity index (χ2n) is 1.92. The highest BCUT2D eigenvalue weighted by Gasteiger charge is 2.06. The lowest BCUT2D eigenvalue weighted by Crippen LogP contribution is -2.28. The molecular formula is C5H10ClN. The van der Waals surface area contributed by atoms with Crippen LogP contribution in [-0.4, -0.2) is 12.0 Å². The van der Waals surface area contributed by atoms with Crippen molar-refractivity contribution in [2.75, 3.05) is 6.54 Å². The number of halogens is 1. The van der Waals surface area contributed by atoms with Crippen molar-refractivity contribution in [2.24, 2.45) is 0 Å². The molecule has 1 saturated heterocycles. The molecule has 1 rings (SSSR count). The Bertz CT molecular complexity index is 50.0. The molecule has 0 bridgehead atoms. The van der Waals surface area contributed by atoms with E-state index in [2.05, 4.69) is 5.32 Å². The van der Waals surface area contributed by atoms with Gasteiger partial charge in [0.05, 0.1) is 5.50 Å². The van der Waals surface area contributed by atoms with Gasteiger partial charge in [0.2, 0.25) is 0 Å². The van der Waals surface area contributed by atoms with Crippen LogP contribution in [0.5, 0.6) is 0 Å². The van der Waals surface area contributed by atoms with Gasteiger partial charge in [-0.15, -0.1) is 11.6 Å². The van der Waals surface area contributed by atoms with Crippen molar-refractivity contribution in [1.82, 2.24) is 5.32 Å². The lowest BCUT2D eigenvalue weighted by Gasteiger charge is -2.16. The molecule has 0 radical (unpaired) electrons. The van der Waals surface area contributed by atoms with Gasteiger partial charge < -0.3 is 5.32 Å². The van der Waals surface area contributed by atoms with E-state index in [0.29, 0.717) is 0 Å². The van der Waals surface area contributed by atoms with Crippen LogP contribution in [0.3, 0.4) is 0 Å². The van der Waals surface area contributed by atoms with Gasteiger partial charge in [-0.1, -0.05) is 0 Å². The average molecular weight is 120 g/mol. The van der Waals surface area contributed by atoms with Crippen LogP contribution in [0, 0.1) is 0 Å². The molecule has 1 aliphatic heterocycles. The normalized spacial score (nSPS) is 33.0. The van der Waals surface area contributed by atoms with Gasteiger partial charge in [0.1, 0.15) is 0 Å². The highest BCUT2D eigenvalue weighted by atomic mass is 35.5. The van der Waals surface area contributed by atoms with Gasteiger partial charge in [-0.2, -0.15) is 0 Å². The van der Waals surface area contributed by atoms with Crippen molar-refractivity contribution < 1.29 is 0 Å². The molecule has 1 unspecified atom stereocenters. The Balaban J connectivity index is 2.12. The average Bonchev–Trinajstić information content (AvgIpc) is 1.69. The Labute approximate surface area is 49.0 Å². The first-order valence-electron chi connectivity index (χ1n) is 2.77. The SMILES string of the molecule is ClC1CCCCN1. The molecule has 0 saturated carbocycles. The van der Waals surface area contributed by atoms with Crippen molar-refractivity contribution in [3.8, 4) is 0 Å². The summed E-state index contributed by atoms with van der Waals surface area (Å²) < 4.78 is 0. The van der Waals surface area contributed by atoms with Crippen LogP contribution < -0.4 is 5.32 Å². The Morgan fingerprint density at radius 2 is 2.29 bits per heavy atom. The summed E-state index contributed by atoms with van der Waals surface area (Å²) in [6.45, 7) is 1.11. The van der Waals surface area contributed by atoms with Crippen molar-refractivity contribution in [3.05, 3.63) is 0 Å². The quantitative estimate of drug-likeness (QED) is 0.375. The molecule has 1 heterocycles. The van der Waals surface area contributed by atoms with Crippen LogP contribution >= 0.6 is 11.6 Å². The topological polar surface area (TPSA) is 12.0 Å². The summed E-state index contributed by atoms with van der Waals surface area (Å²) in [5.41, 5.74) is 0.258. The van der Waals surface area contributed by atoms with Crippen LogP contribution in [-0.2, 0) is 0 Å². The molecule has 0 aromatic carbocycles. The van der Waals surface area contributed by atoms with Crippen LogP contribution in [0.2, 0.25) is 0 Å². The van der Waals surface area contributed by atoms with Gasteiger partial charge in [0, 0.05) is 0 Å². The molecule has 0 amide bonds. The largest absolute Gasteiger partial charge is 0.301 e. The molecule has 0 spiro atoms. The van der Waals surface area contributed by atoms with Gasteiger partial charge in [0.15, 0.2) is 0 Å². The van der Waals surface area contributed by atoms with E-state index in [9.17, 15) is 0 Å². The molecule has 1 N–H and O–H groups in total. The molecule has 0 aromatic rings. The highest BCUT2D eigenvalue weighted by Crippen LogP contribution is 2.08. The first-order chi connectivity index (χ1) is 3.39. The maximum absolute atomic E-state index is 5.71. The zero-order valence-corrected chi connectivity index (χ0v) is 5.04. The Hall–Kier alpha value is 0.250. The molecule has 1 atom stereocenters. The summed E-state index contributed by atoms with van der Waals surface area (Å²) in [5, 5.41) is 3.15. The summed E-state index contributed by atoms with van der Waals surface area (Å²) in [7, 11) is 0. The van der Waals surface area contributed by atoms with Gasteiger partial charge in [-0.25, -0.2) is 0 Å². The molecule has 0 aromatic heterocycles. The van der Waals surface area contributed by atoms with Crippen LogP contribution in [0.25, 0.3) is 0 Å². The maximum Gasteiger partial charge on any atom is 0.0825 e. The third-order valence-electron chi connectivity index (χ3n) is 1.25. The van der Waals surface area contributed by atoms with E-state index in [0.717, 1.165) is 13.0 Å². The summed E-state index contributed by atoms with van der Waals surface area (Å²) in [4.78, 5) is 0. The van der Waals surface area contributed by atoms with E-state index in [1.807, 2.05) is 0 Å². The third kappa shape index (κ3) is 1.66. The Morgan fingerprint density at radius 1 is 1.43 bits per heavy atom. The van der Waals surface area contributed by atoms with Gasteiger partial charge >= 0.3 is 0 Å². The van der Waals surface area contributed by atoms with Crippen LogP contribution in [0.4, 0.5) is 0 Å². The second kappa shape index (κ2) is 2.53. The number of hydrogen-bond donors (Lipinski definition) is 1. The fourth-order valence-corrected chi connectivity index (χ4v) is 1.07. The summed E-state index contributed by atoms with van der Waals surface area (Å²) in [5.74, 6) is 0. The first-order valence-corrected chi connectivity index (χ1v) is 3.21. The third-order valence-corrected chi connectivity index (χ3v) is 1.62. The van der Waals surface area contributed by atoms with Crippen LogP contribution in [0.1, 0.15) is 19.3 Å². The Morgan fingerprint density at radius 3 is 2.57 bits per heavy atom. The van der Waals surface area contributed by atoms with E-state index >= 15 is 0 Å². The van der Waals surface area contributed by atoms with Crippen molar-refractivity contribution >= 4 is 11.6 Å². The molecule has 0 aliphatic carbocycles. The van der Waals surface area contributed by atoms with Crippen molar-refractivity contribution in [3.63, 3.8) is 0 Å². The smallest absolute Gasteiger partial charge is 0.0825 e. The van der Waals surface area contributed by atoms with E-state index < -0.39 is 0 Å². The first kappa shape index (κ1) is 5.39. The number of hydrogen-bond acceptors (Lipinski definition) is 1. The number of nitrogens with one attached hydrogen (secondary N) is 1. The minimum Gasteiger partial charge on any atom is -0.301 e. The molecule has 42 valence electrons. The zero-order valence-electron chi connectivity index (χ0n) is 4.28. The number of alkyl halides is 1. The summed E-state index contributed by atoms with van der Waals surface area (Å²) in [6, 6.07) is 0. The summed E-state index contributed by atoms with van der Waals surface area (Å²) in [6.07, 6.45) is 3.73. The predicted molar refractivity (Wildman–Crippen MR) is 31.5 cm³/mol. The lowest BCUT2D eigenvalue weighted by molar-refractivity contribution is 0.486. The van der Waals surface area contributed by atoms with E-state index in [1.165, 1.54) is 12.8 Å². The molecule has 2 heteroatoms. The van der Waals surface area contributed by atoms with Gasteiger partial charge in [-0.3, -0.25) is 0 Å². The predicted octanol–water partition coefficient (Wildman–Crippen LogP) is 1.32. The lowest BCUT2D eigenvalue weighted by atomic mass is 10.2. The maximum atomic E-state index is 5.71. The zero-order chi connectivity index (χ0) is 5.11. The van der Waals surface area contributed by atoms with E-state index in [-0.39, 0.29) is 5.50 Å². The molecular weight excluding hydrogens is 110 g/mol. The second-order valence-corrected chi connectivity index (χ2v) is 2.44. The van der Waals surface area contributed by atoms with E-state index in [4.69, 9.17) is 11.6 Å². The fourth-order valence-electron chi connectivity index (χ4n) is 0.809. The van der Waals surface area contributed by atoms with Crippen molar-refractivity contribution in [2.45, 2.75) is 24.8 Å². The fraction of sp³-hybridized carbons (Fsp3) is 1.00. The Kier molecular flexibility index (Phi) is 1.95. The van der Waals surface area contributed by atoms with Crippen LogP contribution in [0.15, 0.2) is 0 Å². The number of rotatable bonds is 0. The van der Waals surface area contributed by atoms with Gasteiger partial charge in [-0.05, 0) is 25.8 Å². The van der Waals surface area contributed by atoms with Gasteiger partial charge in [0.25, 0.3) is 0 Å². The minimum absolute atomic E-state index is 0.258.